The van der Waals surface area contributed by atoms with Crippen LogP contribution in [0.3, 0.4) is 0 Å². The maximum absolute atomic E-state index is 13.2. The molecule has 2 aromatic heterocycles. The van der Waals surface area contributed by atoms with Crippen molar-refractivity contribution in [2.45, 2.75) is 24.6 Å². The summed E-state index contributed by atoms with van der Waals surface area (Å²) in [5.74, 6) is -0.458. The van der Waals surface area contributed by atoms with Gasteiger partial charge in [-0.25, -0.2) is 9.07 Å². The van der Waals surface area contributed by atoms with Crippen LogP contribution in [0.15, 0.2) is 34.8 Å². The van der Waals surface area contributed by atoms with Crippen LogP contribution in [0.4, 0.5) is 9.52 Å². The smallest absolute Gasteiger partial charge is 0.281 e. The molecule has 0 spiro atoms. The van der Waals surface area contributed by atoms with Crippen LogP contribution in [0.25, 0.3) is 5.69 Å². The van der Waals surface area contributed by atoms with Crippen molar-refractivity contribution in [3.63, 3.8) is 0 Å². The summed E-state index contributed by atoms with van der Waals surface area (Å²) >= 11 is 2.40. The van der Waals surface area contributed by atoms with E-state index in [2.05, 4.69) is 25.9 Å². The lowest BCUT2D eigenvalue weighted by molar-refractivity contribution is -0.118. The zero-order valence-corrected chi connectivity index (χ0v) is 18.6. The number of nitrogens with zero attached hydrogens (tertiary/aromatic N) is 4. The molecule has 2 N–H and O–H groups in total. The molecule has 9 nitrogen and oxygen atoms in total. The average molecular weight is 465 g/mol. The fourth-order valence-electron chi connectivity index (χ4n) is 2.42. The lowest BCUT2D eigenvalue weighted by atomic mass is 10.3. The first-order chi connectivity index (χ1) is 15.0. The molecular formula is C19H21FN6O3S2. The molecule has 0 atom stereocenters. The van der Waals surface area contributed by atoms with Gasteiger partial charge in [-0.05, 0) is 37.6 Å². The molecule has 0 bridgehead atoms. The summed E-state index contributed by atoms with van der Waals surface area (Å²) in [4.78, 5) is 24.4. The Hall–Kier alpha value is -2.99. The number of carbonyl (C=O) groups is 2. The Balaban J connectivity index is 1.68. The first kappa shape index (κ1) is 22.7. The highest BCUT2D eigenvalue weighted by atomic mass is 32.2. The molecule has 12 heteroatoms. The molecule has 0 aliphatic heterocycles. The predicted octanol–water partition coefficient (Wildman–Crippen LogP) is 3.13. The van der Waals surface area contributed by atoms with Crippen molar-refractivity contribution in [1.82, 2.24) is 25.3 Å². The Bertz CT molecular complexity index is 1040. The summed E-state index contributed by atoms with van der Waals surface area (Å²) in [6.07, 6.45) is 2.42. The molecule has 31 heavy (non-hydrogen) atoms. The van der Waals surface area contributed by atoms with E-state index in [-0.39, 0.29) is 34.1 Å². The van der Waals surface area contributed by atoms with Crippen LogP contribution in [0, 0.1) is 5.82 Å². The zero-order valence-electron chi connectivity index (χ0n) is 16.9. The third kappa shape index (κ3) is 6.25. The van der Waals surface area contributed by atoms with Crippen molar-refractivity contribution in [3.8, 4) is 11.4 Å². The fraction of sp³-hybridized carbons (Fsp3) is 0.316. The van der Waals surface area contributed by atoms with E-state index in [1.807, 2.05) is 6.92 Å². The van der Waals surface area contributed by atoms with Crippen molar-refractivity contribution in [3.05, 3.63) is 42.0 Å². The number of anilines is 1. The summed E-state index contributed by atoms with van der Waals surface area (Å²) in [7, 11) is 0. The number of nitrogens with one attached hydrogen (secondary N) is 2. The molecule has 0 saturated carbocycles. The molecule has 0 unspecified atom stereocenters. The van der Waals surface area contributed by atoms with Crippen LogP contribution < -0.4 is 15.4 Å². The lowest BCUT2D eigenvalue weighted by Gasteiger charge is -2.02. The third-order valence-electron chi connectivity index (χ3n) is 3.81. The van der Waals surface area contributed by atoms with Crippen LogP contribution >= 0.6 is 23.1 Å². The first-order valence-electron chi connectivity index (χ1n) is 9.53. The molecule has 3 aromatic rings. The highest BCUT2D eigenvalue weighted by Crippen LogP contribution is 2.27. The Kier molecular flexibility index (Phi) is 7.95. The second-order valence-corrected chi connectivity index (χ2v) is 8.36. The van der Waals surface area contributed by atoms with Crippen molar-refractivity contribution < 1.29 is 18.7 Å². The van der Waals surface area contributed by atoms with E-state index in [9.17, 15) is 14.0 Å². The van der Waals surface area contributed by atoms with Crippen molar-refractivity contribution in [1.29, 1.82) is 0 Å². The van der Waals surface area contributed by atoms with E-state index in [0.717, 1.165) is 17.8 Å². The molecule has 3 rings (SSSR count). The monoisotopic (exact) mass is 464 g/mol. The van der Waals surface area contributed by atoms with Crippen molar-refractivity contribution in [2.75, 3.05) is 24.2 Å². The minimum absolute atomic E-state index is 0.0644. The molecule has 164 valence electrons. The highest BCUT2D eigenvalue weighted by molar-refractivity contribution is 8.01. The Labute approximate surface area is 186 Å². The Morgan fingerprint density at radius 2 is 2.00 bits per heavy atom. The van der Waals surface area contributed by atoms with Gasteiger partial charge in [-0.2, -0.15) is 5.10 Å². The summed E-state index contributed by atoms with van der Waals surface area (Å²) in [5.41, 5.74) is 0.645. The molecule has 2 heterocycles. The number of benzene rings is 1. The average Bonchev–Trinajstić information content (AvgIpc) is 3.38. The summed E-state index contributed by atoms with van der Waals surface area (Å²) in [5, 5.41) is 17.9. The summed E-state index contributed by atoms with van der Waals surface area (Å²) in [6.45, 7) is 4.74. The molecule has 0 saturated heterocycles. The number of halogens is 1. The van der Waals surface area contributed by atoms with Gasteiger partial charge in [0.05, 0.1) is 24.2 Å². The topological polar surface area (TPSA) is 111 Å². The fourth-order valence-corrected chi connectivity index (χ4v) is 4.00. The largest absolute Gasteiger partial charge is 0.490 e. The molecule has 1 aromatic carbocycles. The van der Waals surface area contributed by atoms with E-state index in [0.29, 0.717) is 23.2 Å². The van der Waals surface area contributed by atoms with Crippen molar-refractivity contribution >= 4 is 40.0 Å². The van der Waals surface area contributed by atoms with E-state index in [4.69, 9.17) is 4.74 Å². The maximum Gasteiger partial charge on any atom is 0.281 e. The molecule has 0 aliphatic carbocycles. The van der Waals surface area contributed by atoms with Gasteiger partial charge in [-0.15, -0.1) is 10.2 Å². The number of amides is 2. The number of aromatic nitrogens is 4. The van der Waals surface area contributed by atoms with Crippen LogP contribution in [-0.2, 0) is 4.79 Å². The number of hydrogen-bond donors (Lipinski definition) is 2. The van der Waals surface area contributed by atoms with E-state index in [1.165, 1.54) is 28.6 Å². The quantitative estimate of drug-likeness (QED) is 0.350. The minimum Gasteiger partial charge on any atom is -0.490 e. The van der Waals surface area contributed by atoms with Gasteiger partial charge in [0.15, 0.2) is 15.8 Å². The summed E-state index contributed by atoms with van der Waals surface area (Å²) < 4.78 is 20.7. The standard InChI is InChI=1S/C19H21FN6O3S2/c1-3-9-21-15(27)11-30-19-24-23-18(31-19)22-17(28)16-14(29-4-2)10-26(25-16)13-7-5-12(20)6-8-13/h5-8,10H,3-4,9,11H2,1-2H3,(H,21,27)(H,22,23,28). The van der Waals surface area contributed by atoms with Crippen molar-refractivity contribution in [2.24, 2.45) is 0 Å². The normalized spacial score (nSPS) is 10.7. The second kappa shape index (κ2) is 10.9. The van der Waals surface area contributed by atoms with Gasteiger partial charge >= 0.3 is 0 Å². The molecular weight excluding hydrogens is 443 g/mol. The SMILES string of the molecule is CCCNC(=O)CSc1nnc(NC(=O)c2nn(-c3ccc(F)cc3)cc2OCC)s1. The first-order valence-corrected chi connectivity index (χ1v) is 11.3. The van der Waals surface area contributed by atoms with Gasteiger partial charge in [-0.1, -0.05) is 30.0 Å². The number of ether oxygens (including phenoxy) is 1. The van der Waals surface area contributed by atoms with Gasteiger partial charge in [0.2, 0.25) is 11.0 Å². The Morgan fingerprint density at radius 1 is 1.23 bits per heavy atom. The molecule has 2 amide bonds. The highest BCUT2D eigenvalue weighted by Gasteiger charge is 2.20. The van der Waals surface area contributed by atoms with Gasteiger partial charge in [-0.3, -0.25) is 14.9 Å². The number of thioether (sulfide) groups is 1. The van der Waals surface area contributed by atoms with E-state index < -0.39 is 5.91 Å². The van der Waals surface area contributed by atoms with E-state index >= 15 is 0 Å². The Morgan fingerprint density at radius 3 is 2.71 bits per heavy atom. The summed E-state index contributed by atoms with van der Waals surface area (Å²) in [6, 6.07) is 5.70. The van der Waals surface area contributed by atoms with Crippen LogP contribution in [0.2, 0.25) is 0 Å². The van der Waals surface area contributed by atoms with E-state index in [1.54, 1.807) is 25.3 Å². The zero-order chi connectivity index (χ0) is 22.2. The third-order valence-corrected chi connectivity index (χ3v) is 5.78. The molecule has 0 radical (unpaired) electrons. The van der Waals surface area contributed by atoms with Gasteiger partial charge in [0, 0.05) is 6.54 Å². The maximum atomic E-state index is 13.2. The number of hydrogen-bond acceptors (Lipinski definition) is 8. The number of carbonyl (C=O) groups excluding carboxylic acids is 2. The lowest BCUT2D eigenvalue weighted by Crippen LogP contribution is -2.25. The number of rotatable bonds is 10. The van der Waals surface area contributed by atoms with Crippen LogP contribution in [0.5, 0.6) is 5.75 Å². The second-order valence-electron chi connectivity index (χ2n) is 6.16. The van der Waals surface area contributed by atoms with Crippen LogP contribution in [-0.4, -0.2) is 50.7 Å². The minimum atomic E-state index is -0.516. The van der Waals surface area contributed by atoms with Gasteiger partial charge < -0.3 is 10.1 Å². The van der Waals surface area contributed by atoms with Gasteiger partial charge in [0.25, 0.3) is 5.91 Å². The predicted molar refractivity (Wildman–Crippen MR) is 117 cm³/mol. The van der Waals surface area contributed by atoms with Gasteiger partial charge in [0.1, 0.15) is 5.82 Å². The van der Waals surface area contributed by atoms with Crippen LogP contribution in [0.1, 0.15) is 30.8 Å². The molecule has 0 aliphatic rings. The molecule has 0 fully saturated rings.